The van der Waals surface area contributed by atoms with Crippen LogP contribution in [0.2, 0.25) is 0 Å². The number of carboxylic acids is 1. The predicted octanol–water partition coefficient (Wildman–Crippen LogP) is -0.704. The molecule has 0 aliphatic carbocycles. The third-order valence-corrected chi connectivity index (χ3v) is 2.91. The number of carbonyl (C=O) groups is 2. The first-order valence-electron chi connectivity index (χ1n) is 5.19. The van der Waals surface area contributed by atoms with Gasteiger partial charge in [-0.05, 0) is 13.8 Å². The lowest BCUT2D eigenvalue weighted by Gasteiger charge is -2.35. The molecule has 0 spiro atoms. The molecule has 0 aromatic rings. The molecule has 0 aromatic heterocycles. The highest BCUT2D eigenvalue weighted by Gasteiger charge is 2.38. The fraction of sp³-hybridized carbons (Fsp3) is 0.800. The Bertz CT molecular complexity index is 285. The molecule has 0 aromatic carbocycles. The van der Waals surface area contributed by atoms with Gasteiger partial charge in [0, 0.05) is 13.6 Å². The van der Waals surface area contributed by atoms with E-state index in [9.17, 15) is 9.59 Å². The predicted molar refractivity (Wildman–Crippen MR) is 57.1 cm³/mol. The summed E-state index contributed by atoms with van der Waals surface area (Å²) in [5.41, 5.74) is -1.21. The fourth-order valence-corrected chi connectivity index (χ4v) is 1.38. The van der Waals surface area contributed by atoms with Crippen LogP contribution in [0.1, 0.15) is 13.8 Å². The molecule has 1 heterocycles. The first-order valence-corrected chi connectivity index (χ1v) is 5.19. The number of hydrogen-bond acceptors (Lipinski definition) is 4. The molecule has 1 aliphatic heterocycles. The van der Waals surface area contributed by atoms with Gasteiger partial charge in [-0.2, -0.15) is 0 Å². The Morgan fingerprint density at radius 1 is 1.50 bits per heavy atom. The van der Waals surface area contributed by atoms with Gasteiger partial charge in [-0.3, -0.25) is 4.79 Å². The number of nitrogens with zero attached hydrogens (tertiary/aromatic N) is 1. The van der Waals surface area contributed by atoms with Crippen LogP contribution in [0.5, 0.6) is 0 Å². The van der Waals surface area contributed by atoms with E-state index in [4.69, 9.17) is 9.84 Å². The Morgan fingerprint density at radius 2 is 2.12 bits per heavy atom. The lowest BCUT2D eigenvalue weighted by Crippen LogP contribution is -2.58. The second-order valence-corrected chi connectivity index (χ2v) is 4.34. The minimum Gasteiger partial charge on any atom is -0.480 e. The van der Waals surface area contributed by atoms with Crippen molar-refractivity contribution in [3.8, 4) is 0 Å². The number of likely N-dealkylation sites (N-methyl/N-ethyl adjacent to an activating group) is 1. The maximum Gasteiger partial charge on any atom is 0.329 e. The summed E-state index contributed by atoms with van der Waals surface area (Å²) in [7, 11) is 1.49. The van der Waals surface area contributed by atoms with Gasteiger partial charge in [0.2, 0.25) is 5.91 Å². The highest BCUT2D eigenvalue weighted by atomic mass is 16.5. The van der Waals surface area contributed by atoms with Gasteiger partial charge in [-0.25, -0.2) is 4.79 Å². The van der Waals surface area contributed by atoms with Crippen LogP contribution in [0.4, 0.5) is 0 Å². The van der Waals surface area contributed by atoms with Crippen molar-refractivity contribution in [2.45, 2.75) is 25.4 Å². The molecule has 0 bridgehead atoms. The summed E-state index contributed by atoms with van der Waals surface area (Å²) in [6, 6.07) is -0.447. The molecule has 1 atom stereocenters. The molecule has 1 amide bonds. The van der Waals surface area contributed by atoms with Crippen molar-refractivity contribution in [1.82, 2.24) is 10.2 Å². The molecule has 2 N–H and O–H groups in total. The van der Waals surface area contributed by atoms with Crippen molar-refractivity contribution in [3.05, 3.63) is 0 Å². The molecular formula is C10H18N2O4. The zero-order valence-corrected chi connectivity index (χ0v) is 9.82. The summed E-state index contributed by atoms with van der Waals surface area (Å²) >= 11 is 0. The zero-order valence-electron chi connectivity index (χ0n) is 9.82. The molecule has 1 unspecified atom stereocenters. The van der Waals surface area contributed by atoms with E-state index < -0.39 is 17.6 Å². The number of nitrogens with one attached hydrogen (secondary N) is 1. The third-order valence-electron chi connectivity index (χ3n) is 2.91. The molecule has 92 valence electrons. The van der Waals surface area contributed by atoms with E-state index in [-0.39, 0.29) is 5.91 Å². The number of ether oxygens (including phenoxy) is 1. The molecule has 1 fully saturated rings. The molecule has 0 saturated carbocycles. The van der Waals surface area contributed by atoms with Crippen molar-refractivity contribution in [3.63, 3.8) is 0 Å². The molecule has 0 radical (unpaired) electrons. The van der Waals surface area contributed by atoms with Gasteiger partial charge < -0.3 is 20.1 Å². The van der Waals surface area contributed by atoms with Gasteiger partial charge in [0.1, 0.15) is 11.6 Å². The smallest absolute Gasteiger partial charge is 0.329 e. The molecule has 1 aliphatic rings. The minimum atomic E-state index is -1.21. The van der Waals surface area contributed by atoms with Crippen LogP contribution >= 0.6 is 0 Å². The van der Waals surface area contributed by atoms with E-state index >= 15 is 0 Å². The Labute approximate surface area is 94.6 Å². The summed E-state index contributed by atoms with van der Waals surface area (Å²) < 4.78 is 5.17. The van der Waals surface area contributed by atoms with Crippen LogP contribution in [-0.4, -0.2) is 60.3 Å². The van der Waals surface area contributed by atoms with Crippen molar-refractivity contribution in [1.29, 1.82) is 0 Å². The van der Waals surface area contributed by atoms with E-state index in [1.807, 2.05) is 0 Å². The van der Waals surface area contributed by atoms with Crippen molar-refractivity contribution in [2.24, 2.45) is 0 Å². The second-order valence-electron chi connectivity index (χ2n) is 4.34. The largest absolute Gasteiger partial charge is 0.480 e. The topological polar surface area (TPSA) is 78.9 Å². The molecular weight excluding hydrogens is 212 g/mol. The lowest BCUT2D eigenvalue weighted by atomic mass is 10.0. The van der Waals surface area contributed by atoms with E-state index in [2.05, 4.69) is 5.32 Å². The number of carbonyl (C=O) groups excluding carboxylic acids is 1. The average molecular weight is 230 g/mol. The van der Waals surface area contributed by atoms with Gasteiger partial charge in [-0.15, -0.1) is 0 Å². The first-order chi connectivity index (χ1) is 7.37. The van der Waals surface area contributed by atoms with Crippen molar-refractivity contribution in [2.75, 3.05) is 26.8 Å². The summed E-state index contributed by atoms with van der Waals surface area (Å²) in [6.45, 7) is 4.47. The molecule has 16 heavy (non-hydrogen) atoms. The summed E-state index contributed by atoms with van der Waals surface area (Å²) in [5, 5.41) is 12.0. The summed E-state index contributed by atoms with van der Waals surface area (Å²) in [6.07, 6.45) is 0. The zero-order chi connectivity index (χ0) is 12.3. The quantitative estimate of drug-likeness (QED) is 0.670. The van der Waals surface area contributed by atoms with E-state index in [1.165, 1.54) is 25.8 Å². The second kappa shape index (κ2) is 4.80. The standard InChI is InChI=1S/C10H18N2O4/c1-10(2,9(14)15)12(3)8(13)7-6-16-5-4-11-7/h7,11H,4-6H2,1-3H3,(H,14,15). The monoisotopic (exact) mass is 230 g/mol. The Hall–Kier alpha value is -1.14. The number of hydrogen-bond donors (Lipinski definition) is 2. The van der Waals surface area contributed by atoms with Crippen molar-refractivity contribution >= 4 is 11.9 Å². The molecule has 1 rings (SSSR count). The van der Waals surface area contributed by atoms with Gasteiger partial charge in [0.05, 0.1) is 13.2 Å². The Kier molecular flexibility index (Phi) is 3.88. The van der Waals surface area contributed by atoms with Gasteiger partial charge in [0.25, 0.3) is 0 Å². The highest BCUT2D eigenvalue weighted by molar-refractivity contribution is 5.89. The number of morpholine rings is 1. The number of carboxylic acid groups (broad SMARTS) is 1. The van der Waals surface area contributed by atoms with Crippen LogP contribution in [-0.2, 0) is 14.3 Å². The number of aliphatic carboxylic acids is 1. The SMILES string of the molecule is CN(C(=O)C1COCCN1)C(C)(C)C(=O)O. The van der Waals surface area contributed by atoms with E-state index in [0.717, 1.165) is 0 Å². The molecule has 6 nitrogen and oxygen atoms in total. The molecule has 1 saturated heterocycles. The van der Waals surface area contributed by atoms with Gasteiger partial charge in [-0.1, -0.05) is 0 Å². The van der Waals surface area contributed by atoms with Gasteiger partial charge in [0.15, 0.2) is 0 Å². The summed E-state index contributed by atoms with van der Waals surface area (Å²) in [5.74, 6) is -1.29. The Balaban J connectivity index is 2.69. The average Bonchev–Trinajstić information content (AvgIpc) is 2.28. The van der Waals surface area contributed by atoms with E-state index in [1.54, 1.807) is 0 Å². The number of rotatable bonds is 3. The number of amides is 1. The van der Waals surface area contributed by atoms with Crippen LogP contribution in [0, 0.1) is 0 Å². The van der Waals surface area contributed by atoms with Crippen molar-refractivity contribution < 1.29 is 19.4 Å². The fourth-order valence-electron chi connectivity index (χ4n) is 1.38. The van der Waals surface area contributed by atoms with Crippen LogP contribution in [0.15, 0.2) is 0 Å². The van der Waals surface area contributed by atoms with E-state index in [0.29, 0.717) is 19.8 Å². The summed E-state index contributed by atoms with van der Waals surface area (Å²) in [4.78, 5) is 24.2. The maximum absolute atomic E-state index is 12.0. The minimum absolute atomic E-state index is 0.257. The van der Waals surface area contributed by atoms with Gasteiger partial charge >= 0.3 is 5.97 Å². The van der Waals surface area contributed by atoms with Crippen LogP contribution < -0.4 is 5.32 Å². The maximum atomic E-state index is 12.0. The first kappa shape index (κ1) is 12.9. The van der Waals surface area contributed by atoms with Crippen LogP contribution in [0.3, 0.4) is 0 Å². The third kappa shape index (κ3) is 2.51. The Morgan fingerprint density at radius 3 is 2.56 bits per heavy atom. The lowest BCUT2D eigenvalue weighted by molar-refractivity contribution is -0.157. The molecule has 6 heteroatoms. The highest BCUT2D eigenvalue weighted by Crippen LogP contribution is 2.14. The normalized spacial score (nSPS) is 21.6. The van der Waals surface area contributed by atoms with Crippen LogP contribution in [0.25, 0.3) is 0 Å².